The summed E-state index contributed by atoms with van der Waals surface area (Å²) >= 11 is 0. The third-order valence-corrected chi connectivity index (χ3v) is 5.86. The standard InChI is InChI=1S/C25H21NO3/c27-23-20-14-7-8-15-21(20)24(28)26(23)17-9-16-22-25(29-22,18-10-3-1-4-11-18)19-12-5-2-6-13-19/h1-8,10-15,22H,9,16-17H2. The molecule has 4 heteroatoms. The van der Waals surface area contributed by atoms with E-state index in [1.165, 1.54) is 4.90 Å². The van der Waals surface area contributed by atoms with Gasteiger partial charge in [-0.25, -0.2) is 0 Å². The number of fused-ring (bicyclic) bond motifs is 1. The monoisotopic (exact) mass is 383 g/mol. The van der Waals surface area contributed by atoms with Crippen LogP contribution in [-0.4, -0.2) is 29.4 Å². The van der Waals surface area contributed by atoms with Crippen LogP contribution in [0.1, 0.15) is 44.7 Å². The fourth-order valence-corrected chi connectivity index (χ4v) is 4.38. The van der Waals surface area contributed by atoms with Gasteiger partial charge >= 0.3 is 0 Å². The molecule has 29 heavy (non-hydrogen) atoms. The largest absolute Gasteiger partial charge is 0.356 e. The van der Waals surface area contributed by atoms with E-state index in [1.54, 1.807) is 24.3 Å². The maximum Gasteiger partial charge on any atom is 0.261 e. The van der Waals surface area contributed by atoms with Crippen LogP contribution in [0, 0.1) is 0 Å². The first-order valence-corrected chi connectivity index (χ1v) is 9.96. The smallest absolute Gasteiger partial charge is 0.261 e. The number of rotatable bonds is 6. The van der Waals surface area contributed by atoms with Crippen LogP contribution in [-0.2, 0) is 10.3 Å². The Labute approximate surface area is 169 Å². The summed E-state index contributed by atoms with van der Waals surface area (Å²) in [7, 11) is 0. The van der Waals surface area contributed by atoms with E-state index < -0.39 is 5.60 Å². The lowest BCUT2D eigenvalue weighted by atomic mass is 9.86. The maximum atomic E-state index is 12.5. The van der Waals surface area contributed by atoms with Crippen molar-refractivity contribution in [3.63, 3.8) is 0 Å². The van der Waals surface area contributed by atoms with Gasteiger partial charge in [-0.15, -0.1) is 0 Å². The van der Waals surface area contributed by atoms with Crippen molar-refractivity contribution >= 4 is 11.8 Å². The summed E-state index contributed by atoms with van der Waals surface area (Å²) < 4.78 is 6.27. The minimum absolute atomic E-state index is 0.0301. The minimum atomic E-state index is -0.440. The zero-order chi connectivity index (χ0) is 19.8. The molecule has 0 N–H and O–H groups in total. The van der Waals surface area contributed by atoms with Crippen molar-refractivity contribution in [1.29, 1.82) is 0 Å². The van der Waals surface area contributed by atoms with Gasteiger partial charge in [0.25, 0.3) is 11.8 Å². The molecule has 0 radical (unpaired) electrons. The van der Waals surface area contributed by atoms with E-state index in [1.807, 2.05) is 36.4 Å². The SMILES string of the molecule is O=C1c2ccccc2C(=O)N1CCCC1OC1(c1ccccc1)c1ccccc1. The summed E-state index contributed by atoms with van der Waals surface area (Å²) in [5.41, 5.74) is 2.84. The van der Waals surface area contributed by atoms with Gasteiger partial charge in [-0.05, 0) is 36.1 Å². The predicted octanol–water partition coefficient (Wildman–Crippen LogP) is 4.41. The fraction of sp³-hybridized carbons (Fsp3) is 0.200. The molecular weight excluding hydrogens is 362 g/mol. The minimum Gasteiger partial charge on any atom is -0.356 e. The molecule has 144 valence electrons. The summed E-state index contributed by atoms with van der Waals surface area (Å²) in [6.45, 7) is 0.409. The zero-order valence-electron chi connectivity index (χ0n) is 16.0. The third-order valence-electron chi connectivity index (χ3n) is 5.86. The summed E-state index contributed by atoms with van der Waals surface area (Å²) in [6.07, 6.45) is 1.51. The lowest BCUT2D eigenvalue weighted by Crippen LogP contribution is -2.31. The van der Waals surface area contributed by atoms with Gasteiger partial charge in [0.15, 0.2) is 0 Å². The molecule has 2 heterocycles. The average molecular weight is 383 g/mol. The molecule has 4 nitrogen and oxygen atoms in total. The van der Waals surface area contributed by atoms with Crippen molar-refractivity contribution in [2.45, 2.75) is 24.5 Å². The Kier molecular flexibility index (Phi) is 4.29. The van der Waals surface area contributed by atoms with E-state index in [9.17, 15) is 9.59 Å². The Morgan fingerprint density at radius 1 is 0.724 bits per heavy atom. The molecule has 0 spiro atoms. The van der Waals surface area contributed by atoms with Crippen LogP contribution < -0.4 is 0 Å². The highest BCUT2D eigenvalue weighted by Gasteiger charge is 2.58. The number of ether oxygens (including phenoxy) is 1. The average Bonchev–Trinajstić information content (AvgIpc) is 3.47. The molecular formula is C25H21NO3. The van der Waals surface area contributed by atoms with Gasteiger partial charge in [0.05, 0.1) is 17.2 Å². The highest BCUT2D eigenvalue weighted by atomic mass is 16.6. The first-order chi connectivity index (χ1) is 14.2. The van der Waals surface area contributed by atoms with Gasteiger partial charge in [-0.1, -0.05) is 72.8 Å². The van der Waals surface area contributed by atoms with E-state index >= 15 is 0 Å². The summed E-state index contributed by atoms with van der Waals surface area (Å²) in [4.78, 5) is 26.4. The first kappa shape index (κ1) is 17.8. The van der Waals surface area contributed by atoms with Crippen molar-refractivity contribution < 1.29 is 14.3 Å². The quantitative estimate of drug-likeness (QED) is 0.468. The Hall–Kier alpha value is -3.24. The van der Waals surface area contributed by atoms with Crippen LogP contribution in [0.2, 0.25) is 0 Å². The molecule has 2 aliphatic heterocycles. The number of hydrogen-bond acceptors (Lipinski definition) is 3. The van der Waals surface area contributed by atoms with Crippen LogP contribution in [0.4, 0.5) is 0 Å². The molecule has 3 aromatic rings. The number of epoxide rings is 1. The van der Waals surface area contributed by atoms with Gasteiger partial charge in [0.1, 0.15) is 5.60 Å². The van der Waals surface area contributed by atoms with E-state index in [2.05, 4.69) is 24.3 Å². The molecule has 1 unspecified atom stereocenters. The van der Waals surface area contributed by atoms with Gasteiger partial charge in [0.2, 0.25) is 0 Å². The van der Waals surface area contributed by atoms with Crippen molar-refractivity contribution in [2.24, 2.45) is 0 Å². The topological polar surface area (TPSA) is 49.9 Å². The molecule has 0 saturated carbocycles. The van der Waals surface area contributed by atoms with Crippen LogP contribution in [0.3, 0.4) is 0 Å². The Morgan fingerprint density at radius 2 is 1.21 bits per heavy atom. The van der Waals surface area contributed by atoms with Crippen LogP contribution >= 0.6 is 0 Å². The number of hydrogen-bond donors (Lipinski definition) is 0. The van der Waals surface area contributed by atoms with E-state index in [0.29, 0.717) is 24.1 Å². The summed E-state index contributed by atoms with van der Waals surface area (Å²) in [5.74, 6) is -0.389. The van der Waals surface area contributed by atoms with Crippen molar-refractivity contribution in [1.82, 2.24) is 4.90 Å². The zero-order valence-corrected chi connectivity index (χ0v) is 16.0. The highest BCUT2D eigenvalue weighted by Crippen LogP contribution is 2.53. The van der Waals surface area contributed by atoms with E-state index in [-0.39, 0.29) is 17.9 Å². The second-order valence-electron chi connectivity index (χ2n) is 7.52. The molecule has 1 atom stereocenters. The lowest BCUT2D eigenvalue weighted by Gasteiger charge is -2.16. The van der Waals surface area contributed by atoms with E-state index in [0.717, 1.165) is 17.5 Å². The van der Waals surface area contributed by atoms with E-state index in [4.69, 9.17) is 4.74 Å². The van der Waals surface area contributed by atoms with Crippen LogP contribution in [0.5, 0.6) is 0 Å². The molecule has 1 saturated heterocycles. The maximum absolute atomic E-state index is 12.5. The lowest BCUT2D eigenvalue weighted by molar-refractivity contribution is 0.0650. The van der Waals surface area contributed by atoms with Gasteiger partial charge < -0.3 is 4.74 Å². The predicted molar refractivity (Wildman–Crippen MR) is 110 cm³/mol. The molecule has 2 aliphatic rings. The summed E-state index contributed by atoms with van der Waals surface area (Å²) in [5, 5.41) is 0. The van der Waals surface area contributed by atoms with Gasteiger partial charge in [0, 0.05) is 6.54 Å². The van der Waals surface area contributed by atoms with Crippen LogP contribution in [0.15, 0.2) is 84.9 Å². The number of nitrogens with zero attached hydrogens (tertiary/aromatic N) is 1. The number of amides is 2. The van der Waals surface area contributed by atoms with Crippen LogP contribution in [0.25, 0.3) is 0 Å². The molecule has 2 amide bonds. The van der Waals surface area contributed by atoms with Crippen molar-refractivity contribution in [3.05, 3.63) is 107 Å². The first-order valence-electron chi connectivity index (χ1n) is 9.96. The van der Waals surface area contributed by atoms with Crippen molar-refractivity contribution in [3.8, 4) is 0 Å². The van der Waals surface area contributed by atoms with Crippen molar-refractivity contribution in [2.75, 3.05) is 6.54 Å². The molecule has 3 aromatic carbocycles. The Balaban J connectivity index is 1.30. The number of carbonyl (C=O) groups is 2. The molecule has 0 aliphatic carbocycles. The Bertz CT molecular complexity index is 987. The second kappa shape index (κ2) is 6.98. The normalized spacial score (nSPS) is 19.3. The molecule has 0 aromatic heterocycles. The number of carbonyl (C=O) groups excluding carboxylic acids is 2. The fourth-order valence-electron chi connectivity index (χ4n) is 4.38. The summed E-state index contributed by atoms with van der Waals surface area (Å²) in [6, 6.07) is 27.5. The van der Waals surface area contributed by atoms with Gasteiger partial charge in [-0.2, -0.15) is 0 Å². The molecule has 5 rings (SSSR count). The molecule has 1 fully saturated rings. The third kappa shape index (κ3) is 2.88. The number of imide groups is 1. The van der Waals surface area contributed by atoms with Gasteiger partial charge in [-0.3, -0.25) is 14.5 Å². The Morgan fingerprint density at radius 3 is 1.72 bits per heavy atom. The highest BCUT2D eigenvalue weighted by molar-refractivity contribution is 6.21. The molecule has 0 bridgehead atoms. The second-order valence-corrected chi connectivity index (χ2v) is 7.52. The number of benzene rings is 3.